The summed E-state index contributed by atoms with van der Waals surface area (Å²) in [6.07, 6.45) is 1.80. The van der Waals surface area contributed by atoms with Gasteiger partial charge in [-0.15, -0.1) is 11.8 Å². The molecule has 0 saturated heterocycles. The van der Waals surface area contributed by atoms with Crippen LogP contribution in [-0.4, -0.2) is 10.1 Å². The summed E-state index contributed by atoms with van der Waals surface area (Å²) in [5.74, 6) is 0.889. The van der Waals surface area contributed by atoms with Gasteiger partial charge in [-0.3, -0.25) is 0 Å². The molecule has 0 aliphatic carbocycles. The Labute approximate surface area is 113 Å². The highest BCUT2D eigenvalue weighted by atomic mass is 79.9. The molecule has 4 heteroatoms. The number of thioether (sulfide) groups is 1. The van der Waals surface area contributed by atoms with Crippen LogP contribution in [0.2, 0.25) is 0 Å². The van der Waals surface area contributed by atoms with Crippen LogP contribution in [0, 0.1) is 0 Å². The van der Waals surface area contributed by atoms with E-state index in [4.69, 9.17) is 5.11 Å². The number of hydrogen-bond acceptors (Lipinski definition) is 3. The minimum atomic E-state index is 0.0989. The van der Waals surface area contributed by atoms with Crippen molar-refractivity contribution in [3.05, 3.63) is 58.2 Å². The molecule has 1 aromatic carbocycles. The van der Waals surface area contributed by atoms with Gasteiger partial charge in [-0.2, -0.15) is 0 Å². The average molecular weight is 310 g/mol. The number of aromatic nitrogens is 1. The molecule has 0 aliphatic heterocycles. The van der Waals surface area contributed by atoms with Crippen LogP contribution in [0.4, 0.5) is 0 Å². The molecule has 1 N–H and O–H groups in total. The lowest BCUT2D eigenvalue weighted by molar-refractivity contribution is 0.282. The highest BCUT2D eigenvalue weighted by Gasteiger charge is 1.98. The Hall–Kier alpha value is -0.840. The van der Waals surface area contributed by atoms with Crippen molar-refractivity contribution in [2.45, 2.75) is 17.4 Å². The van der Waals surface area contributed by atoms with E-state index in [-0.39, 0.29) is 6.61 Å². The van der Waals surface area contributed by atoms with E-state index in [1.807, 2.05) is 36.4 Å². The maximum atomic E-state index is 8.94. The molecule has 2 nitrogen and oxygen atoms in total. The van der Waals surface area contributed by atoms with Crippen LogP contribution < -0.4 is 0 Å². The summed E-state index contributed by atoms with van der Waals surface area (Å²) in [6, 6.07) is 12.0. The molecule has 1 aromatic heterocycles. The number of pyridine rings is 1. The van der Waals surface area contributed by atoms with Gasteiger partial charge in [0.05, 0.1) is 11.6 Å². The zero-order valence-corrected chi connectivity index (χ0v) is 11.5. The molecule has 0 radical (unpaired) electrons. The van der Waals surface area contributed by atoms with E-state index < -0.39 is 0 Å². The molecule has 0 atom stereocenters. The first-order valence-electron chi connectivity index (χ1n) is 5.21. The second-order valence-corrected chi connectivity index (χ2v) is 5.49. The minimum Gasteiger partial charge on any atom is -0.392 e. The molecule has 0 saturated carbocycles. The summed E-state index contributed by atoms with van der Waals surface area (Å²) in [4.78, 5) is 4.30. The van der Waals surface area contributed by atoms with Gasteiger partial charge in [0, 0.05) is 16.4 Å². The van der Waals surface area contributed by atoms with Crippen molar-refractivity contribution in [1.82, 2.24) is 4.98 Å². The van der Waals surface area contributed by atoms with Crippen molar-refractivity contribution in [1.29, 1.82) is 0 Å². The molecule has 0 aliphatic rings. The summed E-state index contributed by atoms with van der Waals surface area (Å²) in [5, 5.41) is 9.96. The van der Waals surface area contributed by atoms with Crippen molar-refractivity contribution in [3.8, 4) is 0 Å². The molecule has 0 unspecified atom stereocenters. The van der Waals surface area contributed by atoms with Crippen molar-refractivity contribution in [2.24, 2.45) is 0 Å². The third kappa shape index (κ3) is 3.84. The Morgan fingerprint density at radius 2 is 1.76 bits per heavy atom. The molecule has 2 aromatic rings. The quantitative estimate of drug-likeness (QED) is 0.876. The summed E-state index contributed by atoms with van der Waals surface area (Å²) >= 11 is 5.06. The van der Waals surface area contributed by atoms with Crippen LogP contribution in [-0.2, 0) is 12.4 Å². The predicted octanol–water partition coefficient (Wildman–Crippen LogP) is 3.63. The van der Waals surface area contributed by atoms with Crippen LogP contribution >= 0.6 is 27.7 Å². The van der Waals surface area contributed by atoms with Gasteiger partial charge in [0.1, 0.15) is 0 Å². The zero-order chi connectivity index (χ0) is 12.1. The maximum absolute atomic E-state index is 8.94. The first-order chi connectivity index (χ1) is 8.28. The molecule has 1 heterocycles. The molecule has 0 spiro atoms. The van der Waals surface area contributed by atoms with Crippen LogP contribution in [0.3, 0.4) is 0 Å². The van der Waals surface area contributed by atoms with Crippen molar-refractivity contribution >= 4 is 27.7 Å². The molecular weight excluding hydrogens is 298 g/mol. The van der Waals surface area contributed by atoms with Gasteiger partial charge in [0.2, 0.25) is 0 Å². The number of halogens is 1. The zero-order valence-electron chi connectivity index (χ0n) is 9.14. The number of aliphatic hydroxyl groups is 1. The molecule has 0 fully saturated rings. The van der Waals surface area contributed by atoms with Gasteiger partial charge in [0.15, 0.2) is 0 Å². The lowest BCUT2D eigenvalue weighted by atomic mass is 10.2. The fourth-order valence-electron chi connectivity index (χ4n) is 1.35. The number of hydrogen-bond donors (Lipinski definition) is 1. The first-order valence-corrected chi connectivity index (χ1v) is 6.99. The van der Waals surface area contributed by atoms with E-state index >= 15 is 0 Å². The van der Waals surface area contributed by atoms with E-state index in [0.717, 1.165) is 20.8 Å². The van der Waals surface area contributed by atoms with Crippen LogP contribution in [0.5, 0.6) is 0 Å². The number of aliphatic hydroxyl groups excluding tert-OH is 1. The van der Waals surface area contributed by atoms with Crippen LogP contribution in [0.1, 0.15) is 11.1 Å². The standard InChI is InChI=1S/C13H12BrNOS/c14-12-5-6-13(15-7-12)17-9-11-3-1-10(8-16)2-4-11/h1-7,16H,8-9H2. The van der Waals surface area contributed by atoms with Gasteiger partial charge in [-0.25, -0.2) is 4.98 Å². The van der Waals surface area contributed by atoms with Gasteiger partial charge in [0.25, 0.3) is 0 Å². The highest BCUT2D eigenvalue weighted by molar-refractivity contribution is 9.10. The second-order valence-electron chi connectivity index (χ2n) is 3.58. The SMILES string of the molecule is OCc1ccc(CSc2ccc(Br)cn2)cc1. The average Bonchev–Trinajstić information content (AvgIpc) is 2.39. The van der Waals surface area contributed by atoms with Crippen molar-refractivity contribution in [2.75, 3.05) is 0 Å². The molecule has 88 valence electrons. The van der Waals surface area contributed by atoms with Gasteiger partial charge < -0.3 is 5.11 Å². The third-order valence-corrected chi connectivity index (χ3v) is 3.78. The minimum absolute atomic E-state index is 0.0989. The van der Waals surface area contributed by atoms with Gasteiger partial charge in [-0.05, 0) is 39.2 Å². The number of rotatable bonds is 4. The van der Waals surface area contributed by atoms with Crippen molar-refractivity contribution < 1.29 is 5.11 Å². The van der Waals surface area contributed by atoms with E-state index in [9.17, 15) is 0 Å². The number of benzene rings is 1. The Morgan fingerprint density at radius 3 is 2.35 bits per heavy atom. The Bertz CT molecular complexity index is 470. The molecule has 2 rings (SSSR count). The normalized spacial score (nSPS) is 10.5. The van der Waals surface area contributed by atoms with Crippen LogP contribution in [0.15, 0.2) is 52.1 Å². The van der Waals surface area contributed by atoms with Crippen LogP contribution in [0.25, 0.3) is 0 Å². The fourth-order valence-corrected chi connectivity index (χ4v) is 2.38. The lowest BCUT2D eigenvalue weighted by Crippen LogP contribution is -1.86. The first kappa shape index (κ1) is 12.6. The maximum Gasteiger partial charge on any atom is 0.0963 e. The fraction of sp³-hybridized carbons (Fsp3) is 0.154. The van der Waals surface area contributed by atoms with Gasteiger partial charge in [-0.1, -0.05) is 24.3 Å². The summed E-state index contributed by atoms with van der Waals surface area (Å²) in [7, 11) is 0. The molecular formula is C13H12BrNOS. The second kappa shape index (κ2) is 6.19. The smallest absolute Gasteiger partial charge is 0.0963 e. The Balaban J connectivity index is 1.95. The molecule has 0 amide bonds. The summed E-state index contributed by atoms with van der Waals surface area (Å²) in [6.45, 7) is 0.0989. The van der Waals surface area contributed by atoms with E-state index in [1.54, 1.807) is 18.0 Å². The van der Waals surface area contributed by atoms with E-state index in [2.05, 4.69) is 20.9 Å². The Morgan fingerprint density at radius 1 is 1.06 bits per heavy atom. The highest BCUT2D eigenvalue weighted by Crippen LogP contribution is 2.22. The third-order valence-electron chi connectivity index (χ3n) is 2.29. The van der Waals surface area contributed by atoms with Gasteiger partial charge >= 0.3 is 0 Å². The monoisotopic (exact) mass is 309 g/mol. The molecule has 0 bridgehead atoms. The summed E-state index contributed by atoms with van der Waals surface area (Å²) in [5.41, 5.74) is 2.18. The van der Waals surface area contributed by atoms with E-state index in [1.165, 1.54) is 5.56 Å². The predicted molar refractivity (Wildman–Crippen MR) is 73.9 cm³/mol. The Kier molecular flexibility index (Phi) is 4.59. The van der Waals surface area contributed by atoms with Crippen molar-refractivity contribution in [3.63, 3.8) is 0 Å². The largest absolute Gasteiger partial charge is 0.392 e. The lowest BCUT2D eigenvalue weighted by Gasteiger charge is -2.02. The topological polar surface area (TPSA) is 33.1 Å². The number of nitrogens with zero attached hydrogens (tertiary/aromatic N) is 1. The van der Waals surface area contributed by atoms with E-state index in [0.29, 0.717) is 0 Å². The molecule has 17 heavy (non-hydrogen) atoms. The summed E-state index contributed by atoms with van der Waals surface area (Å²) < 4.78 is 0.995.